The number of carbonyl (C=O) groups excluding carboxylic acids is 1. The summed E-state index contributed by atoms with van der Waals surface area (Å²) in [5.41, 5.74) is 1.37. The van der Waals surface area contributed by atoms with Gasteiger partial charge in [0.05, 0.1) is 17.5 Å². The average Bonchev–Trinajstić information content (AvgIpc) is 2.63. The molecule has 0 spiro atoms. The smallest absolute Gasteiger partial charge is 0.241 e. The molecule has 1 aromatic carbocycles. The third kappa shape index (κ3) is 6.14. The maximum atomic E-state index is 12.4. The number of hydrogen-bond acceptors (Lipinski definition) is 4. The van der Waals surface area contributed by atoms with Crippen molar-refractivity contribution in [2.75, 3.05) is 13.2 Å². The predicted octanol–water partition coefficient (Wildman–Crippen LogP) is 2.76. The zero-order valence-electron chi connectivity index (χ0n) is 15.5. The van der Waals surface area contributed by atoms with Crippen LogP contribution in [0.2, 0.25) is 0 Å². The van der Waals surface area contributed by atoms with Crippen LogP contribution in [-0.4, -0.2) is 33.5 Å². The van der Waals surface area contributed by atoms with E-state index < -0.39 is 16.1 Å². The molecule has 0 heterocycles. The van der Waals surface area contributed by atoms with Crippen molar-refractivity contribution in [1.29, 1.82) is 0 Å². The molecule has 0 unspecified atom stereocenters. The molecule has 1 aliphatic rings. The second-order valence-electron chi connectivity index (χ2n) is 6.40. The molecule has 2 rings (SSSR count). The van der Waals surface area contributed by atoms with Gasteiger partial charge in [-0.15, -0.1) is 0 Å². The highest BCUT2D eigenvalue weighted by molar-refractivity contribution is 7.89. The van der Waals surface area contributed by atoms with Crippen molar-refractivity contribution in [3.63, 3.8) is 0 Å². The standard InChI is InChI=1S/C19H28N2O4S/c1-3-25-17-9-11-18(12-10-17)26(23,24)21-15(2)19(22)20-14-13-16-7-5-4-6-8-16/h7,9-12,15,21H,3-6,8,13-14H2,1-2H3,(H,20,22)/t15-/m1/s1. The first-order valence-corrected chi connectivity index (χ1v) is 10.6. The minimum Gasteiger partial charge on any atom is -0.494 e. The van der Waals surface area contributed by atoms with Gasteiger partial charge in [-0.3, -0.25) is 4.79 Å². The van der Waals surface area contributed by atoms with Gasteiger partial charge in [0.1, 0.15) is 5.75 Å². The summed E-state index contributed by atoms with van der Waals surface area (Å²) in [7, 11) is -3.76. The van der Waals surface area contributed by atoms with E-state index in [-0.39, 0.29) is 10.8 Å². The first kappa shape index (κ1) is 20.5. The Hall–Kier alpha value is -1.86. The van der Waals surface area contributed by atoms with Crippen LogP contribution in [0.1, 0.15) is 46.0 Å². The maximum Gasteiger partial charge on any atom is 0.241 e. The maximum absolute atomic E-state index is 12.4. The molecule has 2 N–H and O–H groups in total. The fraction of sp³-hybridized carbons (Fsp3) is 0.526. The highest BCUT2D eigenvalue weighted by Crippen LogP contribution is 2.19. The Labute approximate surface area is 156 Å². The van der Waals surface area contributed by atoms with Gasteiger partial charge in [-0.1, -0.05) is 11.6 Å². The van der Waals surface area contributed by atoms with Crippen molar-refractivity contribution in [2.45, 2.75) is 56.9 Å². The Morgan fingerprint density at radius 2 is 1.96 bits per heavy atom. The van der Waals surface area contributed by atoms with Crippen LogP contribution in [0, 0.1) is 0 Å². The average molecular weight is 381 g/mol. The molecule has 1 aliphatic carbocycles. The summed E-state index contributed by atoms with van der Waals surface area (Å²) in [6, 6.07) is 5.29. The Kier molecular flexibility index (Phi) is 7.66. The number of carbonyl (C=O) groups is 1. The summed E-state index contributed by atoms with van der Waals surface area (Å²) >= 11 is 0. The summed E-state index contributed by atoms with van der Waals surface area (Å²) in [5, 5.41) is 2.80. The van der Waals surface area contributed by atoms with E-state index in [1.54, 1.807) is 19.1 Å². The zero-order chi connectivity index (χ0) is 19.0. The molecule has 1 amide bonds. The zero-order valence-corrected chi connectivity index (χ0v) is 16.3. The summed E-state index contributed by atoms with van der Waals surface area (Å²) in [6.45, 7) is 4.44. The molecule has 0 fully saturated rings. The van der Waals surface area contributed by atoms with Crippen molar-refractivity contribution in [2.24, 2.45) is 0 Å². The molecule has 0 aliphatic heterocycles. The molecular formula is C19H28N2O4S. The fourth-order valence-corrected chi connectivity index (χ4v) is 4.07. The van der Waals surface area contributed by atoms with Crippen molar-refractivity contribution in [3.05, 3.63) is 35.9 Å². The number of nitrogens with one attached hydrogen (secondary N) is 2. The molecule has 0 saturated heterocycles. The Morgan fingerprint density at radius 1 is 1.23 bits per heavy atom. The van der Waals surface area contributed by atoms with Gasteiger partial charge in [-0.25, -0.2) is 8.42 Å². The summed E-state index contributed by atoms with van der Waals surface area (Å²) in [6.07, 6.45) is 7.72. The second kappa shape index (κ2) is 9.73. The molecule has 7 heteroatoms. The molecular weight excluding hydrogens is 352 g/mol. The normalized spacial score (nSPS) is 15.8. The highest BCUT2D eigenvalue weighted by atomic mass is 32.2. The van der Waals surface area contributed by atoms with E-state index in [1.165, 1.54) is 30.5 Å². The largest absolute Gasteiger partial charge is 0.494 e. The van der Waals surface area contributed by atoms with Crippen molar-refractivity contribution < 1.29 is 17.9 Å². The topological polar surface area (TPSA) is 84.5 Å². The lowest BCUT2D eigenvalue weighted by atomic mass is 9.97. The monoisotopic (exact) mass is 380 g/mol. The number of benzene rings is 1. The van der Waals surface area contributed by atoms with Gasteiger partial charge in [0.2, 0.25) is 15.9 Å². The van der Waals surface area contributed by atoms with Crippen molar-refractivity contribution in [3.8, 4) is 5.75 Å². The summed E-state index contributed by atoms with van der Waals surface area (Å²) in [4.78, 5) is 12.3. The molecule has 1 atom stereocenters. The van der Waals surface area contributed by atoms with Gasteiger partial charge in [-0.2, -0.15) is 4.72 Å². The molecule has 0 aromatic heterocycles. The molecule has 0 bridgehead atoms. The number of hydrogen-bond donors (Lipinski definition) is 2. The lowest BCUT2D eigenvalue weighted by Crippen LogP contribution is -2.45. The lowest BCUT2D eigenvalue weighted by molar-refractivity contribution is -0.122. The predicted molar refractivity (Wildman–Crippen MR) is 102 cm³/mol. The summed E-state index contributed by atoms with van der Waals surface area (Å²) < 4.78 is 32.5. The molecule has 0 saturated carbocycles. The number of amides is 1. The minimum atomic E-state index is -3.76. The van der Waals surface area contributed by atoms with Gasteiger partial charge in [-0.05, 0) is 70.2 Å². The fourth-order valence-electron chi connectivity index (χ4n) is 2.87. The third-order valence-electron chi connectivity index (χ3n) is 4.30. The van der Waals surface area contributed by atoms with E-state index in [4.69, 9.17) is 4.74 Å². The summed E-state index contributed by atoms with van der Waals surface area (Å²) in [5.74, 6) is 0.283. The first-order chi connectivity index (χ1) is 12.4. The molecule has 26 heavy (non-hydrogen) atoms. The SMILES string of the molecule is CCOc1ccc(S(=O)(=O)N[C@H](C)C(=O)NCCC2=CCCCC2)cc1. The molecule has 144 valence electrons. The van der Waals surface area contributed by atoms with E-state index in [2.05, 4.69) is 16.1 Å². The van der Waals surface area contributed by atoms with Crippen LogP contribution < -0.4 is 14.8 Å². The number of rotatable bonds is 9. The van der Waals surface area contributed by atoms with E-state index in [1.807, 2.05) is 6.92 Å². The van der Waals surface area contributed by atoms with E-state index >= 15 is 0 Å². The van der Waals surface area contributed by atoms with Crippen LogP contribution in [-0.2, 0) is 14.8 Å². The quantitative estimate of drug-likeness (QED) is 0.645. The second-order valence-corrected chi connectivity index (χ2v) is 8.11. The van der Waals surface area contributed by atoms with Gasteiger partial charge < -0.3 is 10.1 Å². The van der Waals surface area contributed by atoms with Gasteiger partial charge in [0, 0.05) is 6.54 Å². The van der Waals surface area contributed by atoms with E-state index in [9.17, 15) is 13.2 Å². The number of allylic oxidation sites excluding steroid dienone is 1. The van der Waals surface area contributed by atoms with Gasteiger partial charge in [0.25, 0.3) is 0 Å². The molecule has 6 nitrogen and oxygen atoms in total. The number of ether oxygens (including phenoxy) is 1. The van der Waals surface area contributed by atoms with Crippen molar-refractivity contribution in [1.82, 2.24) is 10.0 Å². The lowest BCUT2D eigenvalue weighted by Gasteiger charge is -2.16. The number of sulfonamides is 1. The van der Waals surface area contributed by atoms with E-state index in [0.29, 0.717) is 18.9 Å². The van der Waals surface area contributed by atoms with Crippen LogP contribution in [0.15, 0.2) is 40.8 Å². The van der Waals surface area contributed by atoms with E-state index in [0.717, 1.165) is 19.3 Å². The molecule has 0 radical (unpaired) electrons. The van der Waals surface area contributed by atoms with Gasteiger partial charge >= 0.3 is 0 Å². The van der Waals surface area contributed by atoms with Crippen molar-refractivity contribution >= 4 is 15.9 Å². The molecule has 1 aromatic rings. The first-order valence-electron chi connectivity index (χ1n) is 9.13. The highest BCUT2D eigenvalue weighted by Gasteiger charge is 2.22. The Morgan fingerprint density at radius 3 is 2.58 bits per heavy atom. The van der Waals surface area contributed by atoms with Crippen LogP contribution in [0.3, 0.4) is 0 Å². The van der Waals surface area contributed by atoms with Crippen LogP contribution in [0.4, 0.5) is 0 Å². The van der Waals surface area contributed by atoms with Gasteiger partial charge in [0.15, 0.2) is 0 Å². The minimum absolute atomic E-state index is 0.105. The van der Waals surface area contributed by atoms with Crippen LogP contribution in [0.25, 0.3) is 0 Å². The Bertz CT molecular complexity index is 726. The Balaban J connectivity index is 1.84. The van der Waals surface area contributed by atoms with Crippen LogP contribution >= 0.6 is 0 Å². The third-order valence-corrected chi connectivity index (χ3v) is 5.86. The van der Waals surface area contributed by atoms with Crippen LogP contribution in [0.5, 0.6) is 5.75 Å².